The van der Waals surface area contributed by atoms with Crippen molar-refractivity contribution in [2.45, 2.75) is 57.5 Å². The highest BCUT2D eigenvalue weighted by molar-refractivity contribution is 7.09. The van der Waals surface area contributed by atoms with Gasteiger partial charge in [0, 0.05) is 18.0 Å². The molecular weight excluding hydrogens is 270 g/mol. The second kappa shape index (κ2) is 6.68. The van der Waals surface area contributed by atoms with Crippen LogP contribution in [0.5, 0.6) is 0 Å². The first kappa shape index (κ1) is 14.0. The van der Waals surface area contributed by atoms with Crippen LogP contribution < -0.4 is 10.6 Å². The molecule has 2 N–H and O–H groups in total. The predicted octanol–water partition coefficient (Wildman–Crippen LogP) is 2.71. The Balaban J connectivity index is 1.41. The van der Waals surface area contributed by atoms with Crippen LogP contribution in [-0.4, -0.2) is 23.5 Å². The predicted molar refractivity (Wildman–Crippen MR) is 80.9 cm³/mol. The smallest absolute Gasteiger partial charge is 0.270 e. The fourth-order valence-corrected chi connectivity index (χ4v) is 3.50. The van der Waals surface area contributed by atoms with Gasteiger partial charge in [-0.1, -0.05) is 19.3 Å². The maximum absolute atomic E-state index is 11.8. The minimum absolute atomic E-state index is 0.0118. The van der Waals surface area contributed by atoms with Crippen LogP contribution in [0.25, 0.3) is 0 Å². The van der Waals surface area contributed by atoms with E-state index in [0.717, 1.165) is 36.9 Å². The van der Waals surface area contributed by atoms with Crippen LogP contribution in [0.2, 0.25) is 0 Å². The van der Waals surface area contributed by atoms with Crippen molar-refractivity contribution in [3.8, 4) is 0 Å². The fraction of sp³-hybridized carbons (Fsp3) is 0.733. The van der Waals surface area contributed by atoms with Crippen LogP contribution in [-0.2, 0) is 6.54 Å². The molecule has 20 heavy (non-hydrogen) atoms. The normalized spacial score (nSPS) is 20.0. The lowest BCUT2D eigenvalue weighted by atomic mass is 9.89. The molecule has 0 aromatic carbocycles. The first-order valence-electron chi connectivity index (χ1n) is 7.77. The van der Waals surface area contributed by atoms with E-state index in [1.807, 2.05) is 5.38 Å². The molecule has 5 heteroatoms. The van der Waals surface area contributed by atoms with Gasteiger partial charge in [0.25, 0.3) is 5.91 Å². The van der Waals surface area contributed by atoms with Gasteiger partial charge in [0.1, 0.15) is 10.7 Å². The van der Waals surface area contributed by atoms with E-state index in [1.54, 1.807) is 11.3 Å². The number of amides is 1. The zero-order valence-electron chi connectivity index (χ0n) is 11.9. The second-order valence-corrected chi connectivity index (χ2v) is 6.95. The van der Waals surface area contributed by atoms with E-state index in [4.69, 9.17) is 0 Å². The van der Waals surface area contributed by atoms with Gasteiger partial charge in [-0.2, -0.15) is 0 Å². The molecule has 2 aliphatic rings. The summed E-state index contributed by atoms with van der Waals surface area (Å²) in [6.07, 6.45) is 9.13. The molecule has 0 unspecified atom stereocenters. The summed E-state index contributed by atoms with van der Waals surface area (Å²) >= 11 is 1.58. The molecule has 1 aromatic heterocycles. The summed E-state index contributed by atoms with van der Waals surface area (Å²) in [5.74, 6) is 0.823. The number of hydrogen-bond donors (Lipinski definition) is 2. The Bertz CT molecular complexity index is 450. The molecule has 0 atom stereocenters. The highest BCUT2D eigenvalue weighted by Crippen LogP contribution is 2.23. The van der Waals surface area contributed by atoms with Gasteiger partial charge in [0.15, 0.2) is 0 Å². The molecule has 3 rings (SSSR count). The third-order valence-corrected chi connectivity index (χ3v) is 4.98. The monoisotopic (exact) mass is 293 g/mol. The number of aromatic nitrogens is 1. The topological polar surface area (TPSA) is 54.0 Å². The highest BCUT2D eigenvalue weighted by atomic mass is 32.1. The molecule has 2 fully saturated rings. The van der Waals surface area contributed by atoms with Crippen LogP contribution in [0, 0.1) is 5.92 Å². The van der Waals surface area contributed by atoms with Crippen LogP contribution in [0.15, 0.2) is 5.38 Å². The fourth-order valence-electron chi connectivity index (χ4n) is 2.76. The Morgan fingerprint density at radius 1 is 1.25 bits per heavy atom. The molecular formula is C15H23N3OS. The minimum Gasteiger partial charge on any atom is -0.348 e. The number of carbonyl (C=O) groups excluding carboxylic acids is 1. The van der Waals surface area contributed by atoms with E-state index >= 15 is 0 Å². The molecule has 1 amide bonds. The number of nitrogens with zero attached hydrogens (tertiary/aromatic N) is 1. The standard InChI is InChI=1S/C15H23N3OS/c19-15(17-12-6-7-12)13-10-20-14(18-13)9-16-8-11-4-2-1-3-5-11/h10-12,16H,1-9H2,(H,17,19). The van der Waals surface area contributed by atoms with E-state index < -0.39 is 0 Å². The van der Waals surface area contributed by atoms with Crippen molar-refractivity contribution in [3.63, 3.8) is 0 Å². The Hall–Kier alpha value is -0.940. The highest BCUT2D eigenvalue weighted by Gasteiger charge is 2.24. The van der Waals surface area contributed by atoms with Crippen LogP contribution in [0.4, 0.5) is 0 Å². The average molecular weight is 293 g/mol. The molecule has 0 aliphatic heterocycles. The van der Waals surface area contributed by atoms with Crippen molar-refractivity contribution in [2.24, 2.45) is 5.92 Å². The summed E-state index contributed by atoms with van der Waals surface area (Å²) in [5.41, 5.74) is 0.580. The summed E-state index contributed by atoms with van der Waals surface area (Å²) in [5, 5.41) is 9.35. The Kier molecular flexibility index (Phi) is 4.68. The third kappa shape index (κ3) is 4.03. The van der Waals surface area contributed by atoms with Crippen molar-refractivity contribution in [1.29, 1.82) is 0 Å². The molecule has 0 bridgehead atoms. The lowest BCUT2D eigenvalue weighted by Gasteiger charge is -2.21. The summed E-state index contributed by atoms with van der Waals surface area (Å²) in [4.78, 5) is 16.3. The van der Waals surface area contributed by atoms with Gasteiger partial charge in [-0.15, -0.1) is 11.3 Å². The van der Waals surface area contributed by atoms with Gasteiger partial charge in [-0.25, -0.2) is 4.98 Å². The summed E-state index contributed by atoms with van der Waals surface area (Å²) in [7, 11) is 0. The van der Waals surface area contributed by atoms with Gasteiger partial charge < -0.3 is 10.6 Å². The van der Waals surface area contributed by atoms with Crippen molar-refractivity contribution < 1.29 is 4.79 Å². The first-order valence-corrected chi connectivity index (χ1v) is 8.65. The number of carbonyl (C=O) groups is 1. The minimum atomic E-state index is -0.0118. The second-order valence-electron chi connectivity index (χ2n) is 6.01. The van der Waals surface area contributed by atoms with Gasteiger partial charge in [-0.3, -0.25) is 4.79 Å². The van der Waals surface area contributed by atoms with Crippen LogP contribution in [0.1, 0.15) is 60.4 Å². The lowest BCUT2D eigenvalue weighted by Crippen LogP contribution is -2.26. The number of rotatable bonds is 6. The van der Waals surface area contributed by atoms with E-state index in [0.29, 0.717) is 11.7 Å². The largest absolute Gasteiger partial charge is 0.348 e. The molecule has 2 aliphatic carbocycles. The SMILES string of the molecule is O=C(NC1CC1)c1csc(CNCC2CCCCC2)n1. The molecule has 0 spiro atoms. The van der Waals surface area contributed by atoms with Gasteiger partial charge in [-0.05, 0) is 38.1 Å². The molecule has 110 valence electrons. The Morgan fingerprint density at radius 2 is 2.05 bits per heavy atom. The first-order chi connectivity index (χ1) is 9.81. The van der Waals surface area contributed by atoms with Crippen molar-refractivity contribution >= 4 is 17.2 Å². The molecule has 4 nitrogen and oxygen atoms in total. The van der Waals surface area contributed by atoms with E-state index in [9.17, 15) is 4.79 Å². The van der Waals surface area contributed by atoms with E-state index in [-0.39, 0.29) is 5.91 Å². The maximum atomic E-state index is 11.8. The summed E-state index contributed by atoms with van der Waals surface area (Å²) < 4.78 is 0. The number of nitrogens with one attached hydrogen (secondary N) is 2. The molecule has 1 heterocycles. The summed E-state index contributed by atoms with van der Waals surface area (Å²) in [6, 6.07) is 0.400. The molecule has 0 radical (unpaired) electrons. The maximum Gasteiger partial charge on any atom is 0.270 e. The summed E-state index contributed by atoms with van der Waals surface area (Å²) in [6.45, 7) is 1.88. The quantitative estimate of drug-likeness (QED) is 0.848. The third-order valence-electron chi connectivity index (χ3n) is 4.13. The molecule has 2 saturated carbocycles. The molecule has 1 aromatic rings. The van der Waals surface area contributed by atoms with E-state index in [1.165, 1.54) is 32.1 Å². The number of hydrogen-bond acceptors (Lipinski definition) is 4. The Morgan fingerprint density at radius 3 is 2.80 bits per heavy atom. The van der Waals surface area contributed by atoms with Crippen LogP contribution >= 0.6 is 11.3 Å². The van der Waals surface area contributed by atoms with Crippen molar-refractivity contribution in [3.05, 3.63) is 16.1 Å². The van der Waals surface area contributed by atoms with E-state index in [2.05, 4.69) is 15.6 Å². The van der Waals surface area contributed by atoms with Gasteiger partial charge in [0.2, 0.25) is 0 Å². The van der Waals surface area contributed by atoms with Crippen LogP contribution in [0.3, 0.4) is 0 Å². The lowest BCUT2D eigenvalue weighted by molar-refractivity contribution is 0.0946. The van der Waals surface area contributed by atoms with Crippen molar-refractivity contribution in [1.82, 2.24) is 15.6 Å². The zero-order valence-corrected chi connectivity index (χ0v) is 12.7. The molecule has 0 saturated heterocycles. The zero-order chi connectivity index (χ0) is 13.8. The average Bonchev–Trinajstić information content (AvgIpc) is 3.15. The van der Waals surface area contributed by atoms with Crippen molar-refractivity contribution in [2.75, 3.05) is 6.54 Å². The number of thiazole rings is 1. The van der Waals surface area contributed by atoms with Gasteiger partial charge in [0.05, 0.1) is 0 Å². The van der Waals surface area contributed by atoms with Gasteiger partial charge >= 0.3 is 0 Å². The Labute approximate surface area is 124 Å².